The molecule has 4 rings (SSSR count). The van der Waals surface area contributed by atoms with Crippen LogP contribution in [-0.2, 0) is 10.9 Å². The molecule has 1 aromatic carbocycles. The van der Waals surface area contributed by atoms with Crippen molar-refractivity contribution in [1.29, 1.82) is 5.26 Å². The number of aromatic nitrogens is 2. The number of rotatable bonds is 5. The highest BCUT2D eigenvalue weighted by Crippen LogP contribution is 2.35. The number of carbonyl (C=O) groups excluding carboxylic acids is 2. The number of anilines is 1. The molecule has 220 valence electrons. The first-order chi connectivity index (χ1) is 19.3. The van der Waals surface area contributed by atoms with Crippen molar-refractivity contribution in [1.82, 2.24) is 20.4 Å². The molecule has 2 heterocycles. The molecule has 2 fully saturated rings. The fourth-order valence-corrected chi connectivity index (χ4v) is 4.77. The van der Waals surface area contributed by atoms with Gasteiger partial charge in [-0.2, -0.15) is 18.4 Å². The first-order valence-electron chi connectivity index (χ1n) is 13.5. The number of alkyl halides is 3. The van der Waals surface area contributed by atoms with E-state index < -0.39 is 22.9 Å². The number of amides is 2. The first-order valence-corrected chi connectivity index (χ1v) is 13.5. The smallest absolute Gasteiger partial charge is 0.417 e. The molecular weight excluding hydrogens is 541 g/mol. The van der Waals surface area contributed by atoms with Gasteiger partial charge in [-0.05, 0) is 76.8 Å². The summed E-state index contributed by atoms with van der Waals surface area (Å²) in [6.45, 7) is 7.57. The third-order valence-corrected chi connectivity index (χ3v) is 6.87. The Morgan fingerprint density at radius 2 is 1.68 bits per heavy atom. The summed E-state index contributed by atoms with van der Waals surface area (Å²) in [6.07, 6.45) is -3.02. The average Bonchev–Trinajstić information content (AvgIpc) is 2.93. The summed E-state index contributed by atoms with van der Waals surface area (Å²) < 4.78 is 50.9. The van der Waals surface area contributed by atoms with E-state index in [0.717, 1.165) is 12.1 Å². The van der Waals surface area contributed by atoms with Crippen LogP contribution in [0.2, 0.25) is 0 Å². The highest BCUT2D eigenvalue weighted by atomic mass is 19.4. The van der Waals surface area contributed by atoms with Crippen LogP contribution >= 0.6 is 0 Å². The number of ether oxygens (including phenoxy) is 2. The van der Waals surface area contributed by atoms with Gasteiger partial charge in [-0.1, -0.05) is 0 Å². The minimum absolute atomic E-state index is 0.0606. The van der Waals surface area contributed by atoms with E-state index in [1.807, 2.05) is 25.7 Å². The van der Waals surface area contributed by atoms with Gasteiger partial charge in [0.15, 0.2) is 11.5 Å². The Balaban J connectivity index is 1.23. The van der Waals surface area contributed by atoms with Gasteiger partial charge in [0.25, 0.3) is 5.91 Å². The minimum atomic E-state index is -4.65. The zero-order chi connectivity index (χ0) is 29.8. The molecule has 2 aromatic rings. The molecule has 10 nitrogen and oxygen atoms in total. The quantitative estimate of drug-likeness (QED) is 0.553. The zero-order valence-electron chi connectivity index (χ0n) is 23.2. The van der Waals surface area contributed by atoms with Gasteiger partial charge < -0.3 is 24.6 Å². The molecular formula is C28H33F3N6O4. The highest BCUT2D eigenvalue weighted by Gasteiger charge is 2.34. The van der Waals surface area contributed by atoms with Crippen molar-refractivity contribution < 1.29 is 32.2 Å². The number of hydrogen-bond acceptors (Lipinski definition) is 8. The number of benzene rings is 1. The summed E-state index contributed by atoms with van der Waals surface area (Å²) in [6, 6.07) is 8.09. The fraction of sp³-hybridized carbons (Fsp3) is 0.536. The summed E-state index contributed by atoms with van der Waals surface area (Å²) in [7, 11) is 0. The maximum Gasteiger partial charge on any atom is 0.417 e. The van der Waals surface area contributed by atoms with Crippen molar-refractivity contribution in [2.45, 2.75) is 70.4 Å². The van der Waals surface area contributed by atoms with Crippen molar-refractivity contribution in [3.63, 3.8) is 0 Å². The predicted octanol–water partition coefficient (Wildman–Crippen LogP) is 4.54. The number of hydrogen-bond donors (Lipinski definition) is 1. The van der Waals surface area contributed by atoms with E-state index in [4.69, 9.17) is 14.7 Å². The van der Waals surface area contributed by atoms with Gasteiger partial charge in [0.2, 0.25) is 0 Å². The van der Waals surface area contributed by atoms with Gasteiger partial charge in [-0.25, -0.2) is 4.79 Å². The van der Waals surface area contributed by atoms with E-state index in [9.17, 15) is 22.8 Å². The summed E-state index contributed by atoms with van der Waals surface area (Å²) >= 11 is 0. The lowest BCUT2D eigenvalue weighted by atomic mass is 9.92. The number of nitrogens with zero attached hydrogens (tertiary/aromatic N) is 5. The number of nitriles is 1. The topological polar surface area (TPSA) is 121 Å². The lowest BCUT2D eigenvalue weighted by Crippen LogP contribution is -2.50. The maximum absolute atomic E-state index is 13.2. The Bertz CT molecular complexity index is 1270. The van der Waals surface area contributed by atoms with Crippen LogP contribution in [0.15, 0.2) is 30.3 Å². The Morgan fingerprint density at radius 3 is 2.24 bits per heavy atom. The number of halogens is 3. The molecule has 13 heteroatoms. The number of nitrogens with one attached hydrogen (secondary N) is 1. The van der Waals surface area contributed by atoms with Crippen molar-refractivity contribution in [3.05, 3.63) is 47.2 Å². The largest absolute Gasteiger partial charge is 0.490 e. The molecule has 1 aliphatic heterocycles. The van der Waals surface area contributed by atoms with Gasteiger partial charge in [0, 0.05) is 32.2 Å². The lowest BCUT2D eigenvalue weighted by Gasteiger charge is -2.35. The van der Waals surface area contributed by atoms with E-state index >= 15 is 0 Å². The third kappa shape index (κ3) is 7.99. The second-order valence-corrected chi connectivity index (χ2v) is 11.1. The van der Waals surface area contributed by atoms with Crippen molar-refractivity contribution >= 4 is 17.8 Å². The van der Waals surface area contributed by atoms with E-state index in [0.29, 0.717) is 57.7 Å². The van der Waals surface area contributed by atoms with Gasteiger partial charge in [-0.3, -0.25) is 4.79 Å². The summed E-state index contributed by atoms with van der Waals surface area (Å²) in [5, 5.41) is 20.2. The normalized spacial score (nSPS) is 19.7. The molecule has 1 N–H and O–H groups in total. The molecule has 1 saturated carbocycles. The van der Waals surface area contributed by atoms with Crippen LogP contribution in [0.1, 0.15) is 68.1 Å². The molecule has 0 radical (unpaired) electrons. The fourth-order valence-electron chi connectivity index (χ4n) is 4.77. The van der Waals surface area contributed by atoms with E-state index in [1.54, 1.807) is 23.1 Å². The van der Waals surface area contributed by atoms with Crippen LogP contribution in [-0.4, -0.2) is 71.0 Å². The Labute approximate surface area is 236 Å². The van der Waals surface area contributed by atoms with Gasteiger partial charge in [0.1, 0.15) is 11.4 Å². The van der Waals surface area contributed by atoms with E-state index in [-0.39, 0.29) is 35.6 Å². The Kier molecular flexibility index (Phi) is 8.89. The molecule has 0 bridgehead atoms. The number of carbonyl (C=O) groups is 2. The van der Waals surface area contributed by atoms with Crippen molar-refractivity contribution in [2.75, 3.05) is 31.1 Å². The van der Waals surface area contributed by atoms with Crippen molar-refractivity contribution in [3.8, 4) is 11.8 Å². The lowest BCUT2D eigenvalue weighted by molar-refractivity contribution is -0.137. The monoisotopic (exact) mass is 574 g/mol. The maximum atomic E-state index is 13.2. The van der Waals surface area contributed by atoms with E-state index in [2.05, 4.69) is 15.5 Å². The summed E-state index contributed by atoms with van der Waals surface area (Å²) in [4.78, 5) is 28.7. The highest BCUT2D eigenvalue weighted by molar-refractivity contribution is 5.92. The molecule has 2 aliphatic rings. The molecule has 0 spiro atoms. The molecule has 1 aliphatic carbocycles. The van der Waals surface area contributed by atoms with Crippen LogP contribution in [0, 0.1) is 11.3 Å². The van der Waals surface area contributed by atoms with E-state index in [1.165, 1.54) is 6.07 Å². The Morgan fingerprint density at radius 1 is 1.00 bits per heavy atom. The molecule has 2 amide bonds. The molecule has 0 atom stereocenters. The van der Waals surface area contributed by atoms with Gasteiger partial charge >= 0.3 is 12.3 Å². The average molecular weight is 575 g/mol. The standard InChI is InChI=1S/C28H33F3N6O4/c1-27(2,3)41-26(39)37-14-12-36(13-15-37)24-11-10-23(34-35-24)25(38)33-19-5-8-20(9-6-19)40-21-7-4-18(17-32)22(16-21)28(29,30)31/h4,7,10-11,16,19-20H,5-6,8-9,12-15H2,1-3H3,(H,33,38)/t19-,20-. The van der Waals surface area contributed by atoms with Crippen LogP contribution in [0.3, 0.4) is 0 Å². The van der Waals surface area contributed by atoms with Gasteiger partial charge in [-0.15, -0.1) is 10.2 Å². The van der Waals surface area contributed by atoms with Crippen LogP contribution in [0.25, 0.3) is 0 Å². The zero-order valence-corrected chi connectivity index (χ0v) is 23.2. The van der Waals surface area contributed by atoms with Gasteiger partial charge in [0.05, 0.1) is 23.3 Å². The number of piperazine rings is 1. The second kappa shape index (κ2) is 12.2. The predicted molar refractivity (Wildman–Crippen MR) is 142 cm³/mol. The molecule has 1 aromatic heterocycles. The molecule has 41 heavy (non-hydrogen) atoms. The van der Waals surface area contributed by atoms with Crippen LogP contribution < -0.4 is 15.0 Å². The van der Waals surface area contributed by atoms with Crippen molar-refractivity contribution in [2.24, 2.45) is 0 Å². The molecule has 1 saturated heterocycles. The van der Waals surface area contributed by atoms with Crippen LogP contribution in [0.5, 0.6) is 5.75 Å². The SMILES string of the molecule is CC(C)(C)OC(=O)N1CCN(c2ccc(C(=O)N[C@H]3CC[C@H](Oc4ccc(C#N)c(C(F)(F)F)c4)CC3)nn2)CC1. The molecule has 0 unspecified atom stereocenters. The second-order valence-electron chi connectivity index (χ2n) is 11.1. The minimum Gasteiger partial charge on any atom is -0.490 e. The van der Waals surface area contributed by atoms with Crippen LogP contribution in [0.4, 0.5) is 23.8 Å². The summed E-state index contributed by atoms with van der Waals surface area (Å²) in [5.41, 5.74) is -1.85. The summed E-state index contributed by atoms with van der Waals surface area (Å²) in [5.74, 6) is 0.315. The Hall–Kier alpha value is -4.08. The first kappa shape index (κ1) is 29.9. The third-order valence-electron chi connectivity index (χ3n) is 6.87.